The van der Waals surface area contributed by atoms with Gasteiger partial charge in [0.2, 0.25) is 0 Å². The lowest BCUT2D eigenvalue weighted by Crippen LogP contribution is -2.32. The molecule has 0 saturated heterocycles. The van der Waals surface area contributed by atoms with E-state index in [4.69, 9.17) is 0 Å². The second-order valence-electron chi connectivity index (χ2n) is 5.06. The summed E-state index contributed by atoms with van der Waals surface area (Å²) in [6.07, 6.45) is 4.93. The second kappa shape index (κ2) is 8.73. The molecule has 114 valence electrons. The molecule has 0 aliphatic heterocycles. The van der Waals surface area contributed by atoms with Crippen LogP contribution in [0.5, 0.6) is 0 Å². The molecule has 0 N–H and O–H groups in total. The van der Waals surface area contributed by atoms with Gasteiger partial charge in [0, 0.05) is 15.7 Å². The van der Waals surface area contributed by atoms with Crippen LogP contribution < -0.4 is 4.90 Å². The van der Waals surface area contributed by atoms with Crippen molar-refractivity contribution in [3.63, 3.8) is 0 Å². The van der Waals surface area contributed by atoms with Crippen molar-refractivity contribution >= 4 is 34.2 Å². The molecule has 0 aliphatic carbocycles. The molecule has 0 bridgehead atoms. The first-order valence-corrected chi connectivity index (χ1v) is 8.54. The van der Waals surface area contributed by atoms with Gasteiger partial charge in [-0.3, -0.25) is 4.79 Å². The third-order valence-electron chi connectivity index (χ3n) is 3.45. The maximum Gasteiger partial charge on any atom is 0.258 e. The minimum Gasteiger partial charge on any atom is -0.307 e. The van der Waals surface area contributed by atoms with E-state index in [0.717, 1.165) is 40.6 Å². The number of allylic oxidation sites excluding steroid dienone is 1. The van der Waals surface area contributed by atoms with Crippen LogP contribution in [-0.4, -0.2) is 12.5 Å². The minimum absolute atomic E-state index is 0.0586. The minimum atomic E-state index is 0.0586. The molecule has 0 fully saturated rings. The molecule has 2 rings (SSSR count). The zero-order valence-corrected chi connectivity index (χ0v) is 14.7. The van der Waals surface area contributed by atoms with E-state index in [9.17, 15) is 4.79 Å². The fourth-order valence-corrected chi connectivity index (χ4v) is 2.98. The number of hydrogen-bond donors (Lipinski definition) is 0. The molecule has 2 aromatic carbocycles. The predicted octanol–water partition coefficient (Wildman–Crippen LogP) is 5.29. The normalized spacial score (nSPS) is 10.2. The molecule has 0 aliphatic rings. The molecule has 0 heterocycles. The number of rotatable bonds is 7. The summed E-state index contributed by atoms with van der Waals surface area (Å²) in [4.78, 5) is 14.8. The summed E-state index contributed by atoms with van der Waals surface area (Å²) in [7, 11) is 0. The monoisotopic (exact) mass is 405 g/mol. The van der Waals surface area contributed by atoms with Gasteiger partial charge < -0.3 is 4.90 Å². The number of benzene rings is 2. The van der Waals surface area contributed by atoms with E-state index in [1.54, 1.807) is 0 Å². The number of hydrogen-bond acceptors (Lipinski definition) is 1. The Morgan fingerprint density at radius 1 is 1.05 bits per heavy atom. The Kier molecular flexibility index (Phi) is 6.65. The molecule has 0 saturated carbocycles. The van der Waals surface area contributed by atoms with Crippen LogP contribution in [0.1, 0.15) is 29.6 Å². The summed E-state index contributed by atoms with van der Waals surface area (Å²) in [5, 5.41) is 0. The van der Waals surface area contributed by atoms with Crippen LogP contribution in [-0.2, 0) is 0 Å². The first-order valence-electron chi connectivity index (χ1n) is 7.46. The Morgan fingerprint density at radius 2 is 1.73 bits per heavy atom. The molecule has 2 nitrogen and oxygen atoms in total. The summed E-state index contributed by atoms with van der Waals surface area (Å²) in [5.74, 6) is 0.0586. The maximum atomic E-state index is 12.9. The Balaban J connectivity index is 2.23. The standard InChI is InChI=1S/C19H20INO/c1-2-3-4-10-15-21(18-14-9-8-13-17(18)20)19(22)16-11-6-5-7-12-16/h2,5-9,11-14H,1,3-4,10,15H2. The van der Waals surface area contributed by atoms with Gasteiger partial charge in [0.15, 0.2) is 0 Å². The van der Waals surface area contributed by atoms with Gasteiger partial charge in [-0.25, -0.2) is 0 Å². The van der Waals surface area contributed by atoms with E-state index < -0.39 is 0 Å². The highest BCUT2D eigenvalue weighted by molar-refractivity contribution is 14.1. The first kappa shape index (κ1) is 16.7. The van der Waals surface area contributed by atoms with Crippen molar-refractivity contribution < 1.29 is 4.79 Å². The predicted molar refractivity (Wildman–Crippen MR) is 101 cm³/mol. The van der Waals surface area contributed by atoms with Crippen molar-refractivity contribution in [2.75, 3.05) is 11.4 Å². The van der Waals surface area contributed by atoms with Gasteiger partial charge in [-0.05, 0) is 66.1 Å². The van der Waals surface area contributed by atoms with Gasteiger partial charge in [0.1, 0.15) is 0 Å². The molecule has 22 heavy (non-hydrogen) atoms. The highest BCUT2D eigenvalue weighted by atomic mass is 127. The number of nitrogens with zero attached hydrogens (tertiary/aromatic N) is 1. The third kappa shape index (κ3) is 4.44. The van der Waals surface area contributed by atoms with Crippen molar-refractivity contribution in [2.45, 2.75) is 19.3 Å². The number of carbonyl (C=O) groups excluding carboxylic acids is 1. The quantitative estimate of drug-likeness (QED) is 0.348. The van der Waals surface area contributed by atoms with E-state index in [1.165, 1.54) is 0 Å². The number of amides is 1. The molecule has 1 amide bonds. The van der Waals surface area contributed by atoms with E-state index in [0.29, 0.717) is 0 Å². The number of unbranched alkanes of at least 4 members (excludes halogenated alkanes) is 2. The van der Waals surface area contributed by atoms with E-state index in [-0.39, 0.29) is 5.91 Å². The van der Waals surface area contributed by atoms with Crippen LogP contribution in [0.3, 0.4) is 0 Å². The van der Waals surface area contributed by atoms with Crippen LogP contribution >= 0.6 is 22.6 Å². The number of anilines is 1. The second-order valence-corrected chi connectivity index (χ2v) is 6.22. The lowest BCUT2D eigenvalue weighted by molar-refractivity contribution is 0.0986. The van der Waals surface area contributed by atoms with E-state index in [1.807, 2.05) is 65.6 Å². The van der Waals surface area contributed by atoms with Gasteiger partial charge in [0.25, 0.3) is 5.91 Å². The molecule has 2 aromatic rings. The molecular weight excluding hydrogens is 385 g/mol. The Bertz CT molecular complexity index is 624. The fourth-order valence-electron chi connectivity index (χ4n) is 2.30. The third-order valence-corrected chi connectivity index (χ3v) is 4.36. The molecule has 3 heteroatoms. The lowest BCUT2D eigenvalue weighted by atomic mass is 10.1. The highest BCUT2D eigenvalue weighted by Gasteiger charge is 2.18. The topological polar surface area (TPSA) is 20.3 Å². The Morgan fingerprint density at radius 3 is 2.41 bits per heavy atom. The summed E-state index contributed by atoms with van der Waals surface area (Å²) < 4.78 is 1.09. The molecule has 0 unspecified atom stereocenters. The SMILES string of the molecule is C=CCCCCN(C(=O)c1ccccc1)c1ccccc1I. The molecule has 0 spiro atoms. The number of carbonyl (C=O) groups is 1. The van der Waals surface area contributed by atoms with Crippen molar-refractivity contribution in [3.05, 3.63) is 76.4 Å². The zero-order valence-electron chi connectivity index (χ0n) is 12.5. The van der Waals surface area contributed by atoms with Crippen LogP contribution in [0, 0.1) is 3.57 Å². The van der Waals surface area contributed by atoms with Crippen molar-refractivity contribution in [3.8, 4) is 0 Å². The molecule has 0 atom stereocenters. The highest BCUT2D eigenvalue weighted by Crippen LogP contribution is 2.24. The smallest absolute Gasteiger partial charge is 0.258 e. The summed E-state index contributed by atoms with van der Waals surface area (Å²) in [6.45, 7) is 4.47. The Labute approximate surface area is 146 Å². The van der Waals surface area contributed by atoms with Crippen LogP contribution in [0.25, 0.3) is 0 Å². The van der Waals surface area contributed by atoms with Gasteiger partial charge in [-0.15, -0.1) is 6.58 Å². The van der Waals surface area contributed by atoms with Crippen molar-refractivity contribution in [1.82, 2.24) is 0 Å². The van der Waals surface area contributed by atoms with E-state index in [2.05, 4.69) is 29.2 Å². The first-order chi connectivity index (χ1) is 10.7. The maximum absolute atomic E-state index is 12.9. The summed E-state index contributed by atoms with van der Waals surface area (Å²) >= 11 is 2.29. The average Bonchev–Trinajstić information content (AvgIpc) is 2.56. The van der Waals surface area contributed by atoms with Gasteiger partial charge in [0.05, 0.1) is 5.69 Å². The van der Waals surface area contributed by atoms with Crippen molar-refractivity contribution in [1.29, 1.82) is 0 Å². The zero-order chi connectivity index (χ0) is 15.8. The van der Waals surface area contributed by atoms with Gasteiger partial charge >= 0.3 is 0 Å². The van der Waals surface area contributed by atoms with Crippen molar-refractivity contribution in [2.24, 2.45) is 0 Å². The Hall–Kier alpha value is -1.62. The van der Waals surface area contributed by atoms with Crippen LogP contribution in [0.2, 0.25) is 0 Å². The summed E-state index contributed by atoms with van der Waals surface area (Å²) in [6, 6.07) is 17.5. The lowest BCUT2D eigenvalue weighted by Gasteiger charge is -2.24. The fraction of sp³-hybridized carbons (Fsp3) is 0.211. The number of para-hydroxylation sites is 1. The van der Waals surface area contributed by atoms with Gasteiger partial charge in [-0.1, -0.05) is 36.4 Å². The summed E-state index contributed by atoms with van der Waals surface area (Å²) in [5.41, 5.74) is 1.71. The van der Waals surface area contributed by atoms with E-state index >= 15 is 0 Å². The average molecular weight is 405 g/mol. The van der Waals surface area contributed by atoms with Crippen LogP contribution in [0.15, 0.2) is 67.3 Å². The largest absolute Gasteiger partial charge is 0.307 e. The molecule has 0 radical (unpaired) electrons. The van der Waals surface area contributed by atoms with Gasteiger partial charge in [-0.2, -0.15) is 0 Å². The molecule has 0 aromatic heterocycles. The number of halogens is 1. The molecular formula is C19H20INO. The van der Waals surface area contributed by atoms with Crippen LogP contribution in [0.4, 0.5) is 5.69 Å².